The zero-order chi connectivity index (χ0) is 16.2. The van der Waals surface area contributed by atoms with Crippen molar-refractivity contribution in [2.45, 2.75) is 96.1 Å². The third kappa shape index (κ3) is 2.74. The molecule has 0 aromatic rings. The molecule has 3 heterocycles. The van der Waals surface area contributed by atoms with E-state index in [-0.39, 0.29) is 17.5 Å². The monoisotopic (exact) mass is 312 g/mol. The Kier molecular flexibility index (Phi) is 3.74. The minimum Gasteiger partial charge on any atom is -0.506 e. The standard InChI is InChI=1S/C17H28O5/c1-15(2)10-8-6-7-9-11(19-15)17(5)13(18)12-14(22-17)21-16(3,4)20-12/h11,14,18H,6-10H2,1-5H3/t11?,14-,17+/m0/s1. The summed E-state index contributed by atoms with van der Waals surface area (Å²) in [5.41, 5.74) is -1.13. The van der Waals surface area contributed by atoms with Crippen molar-refractivity contribution >= 4 is 0 Å². The molecule has 2 fully saturated rings. The Morgan fingerprint density at radius 3 is 2.36 bits per heavy atom. The van der Waals surface area contributed by atoms with Gasteiger partial charge in [0.25, 0.3) is 0 Å². The fourth-order valence-corrected chi connectivity index (χ4v) is 3.59. The highest BCUT2D eigenvalue weighted by Gasteiger charge is 2.57. The average molecular weight is 312 g/mol. The summed E-state index contributed by atoms with van der Waals surface area (Å²) in [4.78, 5) is 0. The first-order chi connectivity index (χ1) is 10.1. The second kappa shape index (κ2) is 5.11. The summed E-state index contributed by atoms with van der Waals surface area (Å²) in [6, 6.07) is 0. The van der Waals surface area contributed by atoms with E-state index in [1.54, 1.807) is 0 Å². The number of rotatable bonds is 1. The fraction of sp³-hybridized carbons (Fsp3) is 0.882. The van der Waals surface area contributed by atoms with Gasteiger partial charge >= 0.3 is 0 Å². The van der Waals surface area contributed by atoms with E-state index in [9.17, 15) is 5.11 Å². The summed E-state index contributed by atoms with van der Waals surface area (Å²) in [6.07, 6.45) is 4.44. The van der Waals surface area contributed by atoms with Crippen molar-refractivity contribution in [3.8, 4) is 0 Å². The first kappa shape index (κ1) is 16.1. The van der Waals surface area contributed by atoms with Gasteiger partial charge in [-0.3, -0.25) is 0 Å². The molecule has 0 aliphatic carbocycles. The Bertz CT molecular complexity index is 481. The van der Waals surface area contributed by atoms with Gasteiger partial charge in [-0.05, 0) is 33.6 Å². The predicted molar refractivity (Wildman–Crippen MR) is 81.2 cm³/mol. The van der Waals surface area contributed by atoms with Crippen molar-refractivity contribution in [1.29, 1.82) is 0 Å². The van der Waals surface area contributed by atoms with Crippen LogP contribution >= 0.6 is 0 Å². The molecule has 0 aromatic carbocycles. The van der Waals surface area contributed by atoms with Crippen LogP contribution < -0.4 is 0 Å². The van der Waals surface area contributed by atoms with E-state index in [0.29, 0.717) is 5.76 Å². The summed E-state index contributed by atoms with van der Waals surface area (Å²) in [5.74, 6) is -0.253. The van der Waals surface area contributed by atoms with E-state index in [2.05, 4.69) is 13.8 Å². The van der Waals surface area contributed by atoms with Crippen LogP contribution in [-0.4, -0.2) is 34.5 Å². The number of fused-ring (bicyclic) bond motifs is 1. The zero-order valence-electron chi connectivity index (χ0n) is 14.3. The van der Waals surface area contributed by atoms with E-state index in [1.807, 2.05) is 20.8 Å². The lowest BCUT2D eigenvalue weighted by Gasteiger charge is -2.41. The van der Waals surface area contributed by atoms with E-state index in [1.165, 1.54) is 12.8 Å². The van der Waals surface area contributed by atoms with Crippen molar-refractivity contribution in [2.24, 2.45) is 0 Å². The summed E-state index contributed by atoms with van der Waals surface area (Å²) < 4.78 is 23.8. The van der Waals surface area contributed by atoms with Crippen molar-refractivity contribution in [2.75, 3.05) is 0 Å². The number of ether oxygens (including phenoxy) is 4. The normalized spacial score (nSPS) is 40.8. The summed E-state index contributed by atoms with van der Waals surface area (Å²) in [7, 11) is 0. The van der Waals surface area contributed by atoms with Crippen LogP contribution in [0.1, 0.15) is 66.7 Å². The van der Waals surface area contributed by atoms with Crippen molar-refractivity contribution < 1.29 is 24.1 Å². The molecule has 5 heteroatoms. The summed E-state index contributed by atoms with van der Waals surface area (Å²) >= 11 is 0. The van der Waals surface area contributed by atoms with Crippen LogP contribution in [0.4, 0.5) is 0 Å². The maximum absolute atomic E-state index is 10.7. The lowest BCUT2D eigenvalue weighted by atomic mass is 9.88. The van der Waals surface area contributed by atoms with Gasteiger partial charge in [-0.15, -0.1) is 0 Å². The van der Waals surface area contributed by atoms with E-state index in [4.69, 9.17) is 18.9 Å². The topological polar surface area (TPSA) is 57.2 Å². The minimum absolute atomic E-state index is 0.115. The van der Waals surface area contributed by atoms with Crippen LogP contribution in [0.3, 0.4) is 0 Å². The highest BCUT2D eigenvalue weighted by molar-refractivity contribution is 5.25. The second-order valence-corrected chi connectivity index (χ2v) is 7.85. The van der Waals surface area contributed by atoms with Gasteiger partial charge in [-0.1, -0.05) is 19.3 Å². The summed E-state index contributed by atoms with van der Waals surface area (Å²) in [5, 5.41) is 10.7. The van der Waals surface area contributed by atoms with Crippen molar-refractivity contribution in [3.63, 3.8) is 0 Å². The predicted octanol–water partition coefficient (Wildman–Crippen LogP) is 3.78. The molecule has 0 spiro atoms. The molecule has 22 heavy (non-hydrogen) atoms. The van der Waals surface area contributed by atoms with Gasteiger partial charge in [-0.25, -0.2) is 0 Å². The molecule has 2 saturated heterocycles. The van der Waals surface area contributed by atoms with Crippen LogP contribution in [0, 0.1) is 0 Å². The Labute approximate surface area is 132 Å². The molecule has 0 radical (unpaired) electrons. The zero-order valence-corrected chi connectivity index (χ0v) is 14.3. The van der Waals surface area contributed by atoms with E-state index < -0.39 is 17.7 Å². The fourth-order valence-electron chi connectivity index (χ4n) is 3.59. The van der Waals surface area contributed by atoms with Crippen LogP contribution in [-0.2, 0) is 18.9 Å². The lowest BCUT2D eigenvalue weighted by molar-refractivity contribution is -0.252. The molecular weight excluding hydrogens is 284 g/mol. The maximum atomic E-state index is 10.7. The van der Waals surface area contributed by atoms with Gasteiger partial charge in [0.15, 0.2) is 17.1 Å². The number of hydrogen-bond acceptors (Lipinski definition) is 5. The summed E-state index contributed by atoms with van der Waals surface area (Å²) in [6.45, 7) is 9.69. The van der Waals surface area contributed by atoms with Crippen LogP contribution in [0.15, 0.2) is 11.5 Å². The number of aliphatic hydroxyl groups is 1. The molecule has 3 aliphatic heterocycles. The van der Waals surface area contributed by atoms with Gasteiger partial charge in [0.2, 0.25) is 12.1 Å². The Morgan fingerprint density at radius 2 is 1.68 bits per heavy atom. The van der Waals surface area contributed by atoms with E-state index >= 15 is 0 Å². The van der Waals surface area contributed by atoms with Crippen LogP contribution in [0.5, 0.6) is 0 Å². The minimum atomic E-state index is -0.912. The van der Waals surface area contributed by atoms with Gasteiger partial charge in [0.1, 0.15) is 0 Å². The largest absolute Gasteiger partial charge is 0.506 e. The quantitative estimate of drug-likeness (QED) is 0.798. The molecule has 3 rings (SSSR count). The molecule has 0 bridgehead atoms. The highest BCUT2D eigenvalue weighted by Crippen LogP contribution is 2.47. The van der Waals surface area contributed by atoms with Gasteiger partial charge < -0.3 is 24.1 Å². The highest BCUT2D eigenvalue weighted by atomic mass is 16.8. The third-order valence-electron chi connectivity index (χ3n) is 4.84. The molecular formula is C17H28O5. The first-order valence-corrected chi connectivity index (χ1v) is 8.29. The van der Waals surface area contributed by atoms with Gasteiger partial charge in [0.05, 0.1) is 11.7 Å². The molecule has 0 amide bonds. The Balaban J connectivity index is 1.86. The first-order valence-electron chi connectivity index (χ1n) is 8.29. The lowest BCUT2D eigenvalue weighted by Crippen LogP contribution is -2.49. The molecule has 3 aliphatic rings. The molecule has 126 valence electrons. The van der Waals surface area contributed by atoms with Gasteiger partial charge in [0, 0.05) is 13.8 Å². The van der Waals surface area contributed by atoms with E-state index in [0.717, 1.165) is 19.3 Å². The number of aliphatic hydroxyl groups excluding tert-OH is 1. The van der Waals surface area contributed by atoms with Gasteiger partial charge in [-0.2, -0.15) is 0 Å². The molecule has 5 nitrogen and oxygen atoms in total. The molecule has 1 N–H and O–H groups in total. The van der Waals surface area contributed by atoms with Crippen LogP contribution in [0.25, 0.3) is 0 Å². The van der Waals surface area contributed by atoms with Crippen molar-refractivity contribution in [1.82, 2.24) is 0 Å². The molecule has 1 unspecified atom stereocenters. The SMILES string of the molecule is CC1(C)CCCCCC([C@@]2(C)O[C@@H]3OC(C)(C)OC3=C2O)O1. The second-order valence-electron chi connectivity index (χ2n) is 7.85. The Morgan fingerprint density at radius 1 is 0.955 bits per heavy atom. The molecule has 0 saturated carbocycles. The molecule has 3 atom stereocenters. The maximum Gasteiger partial charge on any atom is 0.225 e. The number of hydrogen-bond donors (Lipinski definition) is 1. The average Bonchev–Trinajstić information content (AvgIpc) is 2.78. The van der Waals surface area contributed by atoms with Crippen LogP contribution in [0.2, 0.25) is 0 Å². The Hall–Kier alpha value is -0.780. The molecule has 0 aromatic heterocycles. The third-order valence-corrected chi connectivity index (χ3v) is 4.84. The smallest absolute Gasteiger partial charge is 0.225 e. The van der Waals surface area contributed by atoms with Crippen molar-refractivity contribution in [3.05, 3.63) is 11.5 Å².